The van der Waals surface area contributed by atoms with Gasteiger partial charge >= 0.3 is 0 Å². The Morgan fingerprint density at radius 3 is 2.47 bits per heavy atom. The summed E-state index contributed by atoms with van der Waals surface area (Å²) in [6.07, 6.45) is 3.31. The number of hydrogen-bond donors (Lipinski definition) is 1. The summed E-state index contributed by atoms with van der Waals surface area (Å²) in [5, 5.41) is 1.54. The van der Waals surface area contributed by atoms with E-state index in [0.717, 1.165) is 10.9 Å². The van der Waals surface area contributed by atoms with Crippen LogP contribution < -0.4 is 5.73 Å². The maximum atomic E-state index is 5.79. The van der Waals surface area contributed by atoms with Gasteiger partial charge < -0.3 is 5.73 Å². The van der Waals surface area contributed by atoms with E-state index in [1.165, 1.54) is 0 Å². The minimum Gasteiger partial charge on any atom is -0.326 e. The smallest absolute Gasteiger partial charge is 0.159 e. The zero-order valence-corrected chi connectivity index (χ0v) is 10.1. The van der Waals surface area contributed by atoms with Gasteiger partial charge in [0.1, 0.15) is 0 Å². The molecule has 0 bridgehead atoms. The lowest BCUT2D eigenvalue weighted by Crippen LogP contribution is -1.97. The number of nitrogens with two attached hydrogens (primary N) is 1. The predicted molar refractivity (Wildman–Crippen MR) is 66.9 cm³/mol. The third kappa shape index (κ3) is 3.18. The Morgan fingerprint density at radius 2 is 1.80 bits per heavy atom. The third-order valence-corrected chi connectivity index (χ3v) is 2.00. The largest absolute Gasteiger partial charge is 0.326 e. The maximum absolute atomic E-state index is 5.79. The molecule has 82 valence electrons. The molecule has 0 amide bonds. The number of halogens is 3. The Labute approximate surface area is 105 Å². The van der Waals surface area contributed by atoms with Crippen molar-refractivity contribution in [1.29, 1.82) is 0 Å². The number of aromatic nitrogens is 2. The summed E-state index contributed by atoms with van der Waals surface area (Å²) in [7, 11) is 0. The normalized spacial score (nSPS) is 9.20. The summed E-state index contributed by atoms with van der Waals surface area (Å²) >= 11 is 5.79. The van der Waals surface area contributed by atoms with Crippen LogP contribution in [0, 0.1) is 0 Å². The van der Waals surface area contributed by atoms with Crippen molar-refractivity contribution in [2.24, 2.45) is 5.73 Å². The maximum Gasteiger partial charge on any atom is 0.159 e. The van der Waals surface area contributed by atoms with Gasteiger partial charge in [-0.05, 0) is 17.7 Å². The highest BCUT2D eigenvalue weighted by Crippen LogP contribution is 2.15. The molecule has 2 aromatic rings. The molecule has 15 heavy (non-hydrogen) atoms. The van der Waals surface area contributed by atoms with E-state index in [9.17, 15) is 0 Å². The first-order valence-corrected chi connectivity index (χ1v) is 4.27. The molecule has 0 radical (unpaired) electrons. The van der Waals surface area contributed by atoms with Gasteiger partial charge in [0.25, 0.3) is 0 Å². The second-order valence-electron chi connectivity index (χ2n) is 2.75. The molecular formula is C9H10Cl3N3. The number of fused-ring (bicyclic) bond motifs is 1. The first-order valence-electron chi connectivity index (χ1n) is 3.90. The highest BCUT2D eigenvalue weighted by atomic mass is 35.5. The highest BCUT2D eigenvalue weighted by molar-refractivity contribution is 6.31. The molecule has 0 unspecified atom stereocenters. The van der Waals surface area contributed by atoms with Gasteiger partial charge in [-0.3, -0.25) is 0 Å². The van der Waals surface area contributed by atoms with Gasteiger partial charge in [0.05, 0.1) is 5.02 Å². The van der Waals surface area contributed by atoms with Crippen LogP contribution in [0.4, 0.5) is 0 Å². The zero-order valence-electron chi connectivity index (χ0n) is 7.68. The minimum atomic E-state index is 0. The Morgan fingerprint density at radius 1 is 1.13 bits per heavy atom. The molecule has 0 atom stereocenters. The Bertz CT molecular complexity index is 448. The van der Waals surface area contributed by atoms with Gasteiger partial charge in [-0.1, -0.05) is 11.6 Å². The molecule has 0 saturated heterocycles. The fourth-order valence-corrected chi connectivity index (χ4v) is 1.32. The Hall–Kier alpha value is -0.610. The average Bonchev–Trinajstić information content (AvgIpc) is 2.16. The lowest BCUT2D eigenvalue weighted by molar-refractivity contribution is 1.05. The Kier molecular flexibility index (Phi) is 5.83. The van der Waals surface area contributed by atoms with Gasteiger partial charge in [-0.15, -0.1) is 24.8 Å². The zero-order chi connectivity index (χ0) is 9.26. The van der Waals surface area contributed by atoms with E-state index in [4.69, 9.17) is 17.3 Å². The van der Waals surface area contributed by atoms with Crippen molar-refractivity contribution >= 4 is 47.4 Å². The quantitative estimate of drug-likeness (QED) is 0.863. The summed E-state index contributed by atoms with van der Waals surface area (Å²) in [5.74, 6) is 0. The third-order valence-electron chi connectivity index (χ3n) is 1.79. The minimum absolute atomic E-state index is 0. The molecule has 2 heterocycles. The second-order valence-corrected chi connectivity index (χ2v) is 3.18. The lowest BCUT2D eigenvalue weighted by atomic mass is 10.2. The molecule has 0 aliphatic rings. The summed E-state index contributed by atoms with van der Waals surface area (Å²) < 4.78 is 0. The van der Waals surface area contributed by atoms with Crippen molar-refractivity contribution in [1.82, 2.24) is 9.97 Å². The Balaban J connectivity index is 0.000000980. The van der Waals surface area contributed by atoms with E-state index in [1.54, 1.807) is 12.4 Å². The molecule has 0 saturated carbocycles. The van der Waals surface area contributed by atoms with E-state index in [0.29, 0.717) is 17.2 Å². The van der Waals surface area contributed by atoms with Crippen LogP contribution in [0.1, 0.15) is 5.56 Å². The number of hydrogen-bond acceptors (Lipinski definition) is 3. The van der Waals surface area contributed by atoms with Gasteiger partial charge in [-0.2, -0.15) is 0 Å². The monoisotopic (exact) mass is 265 g/mol. The topological polar surface area (TPSA) is 51.8 Å². The lowest BCUT2D eigenvalue weighted by Gasteiger charge is -1.99. The van der Waals surface area contributed by atoms with E-state index in [1.807, 2.05) is 12.1 Å². The molecule has 0 aliphatic heterocycles. The molecule has 0 aromatic carbocycles. The van der Waals surface area contributed by atoms with Crippen molar-refractivity contribution < 1.29 is 0 Å². The fraction of sp³-hybridized carbons (Fsp3) is 0.111. The van der Waals surface area contributed by atoms with Gasteiger partial charge in [0.15, 0.2) is 5.65 Å². The average molecular weight is 267 g/mol. The number of pyridine rings is 2. The first kappa shape index (κ1) is 14.4. The van der Waals surface area contributed by atoms with Crippen LogP contribution in [0.2, 0.25) is 5.02 Å². The van der Waals surface area contributed by atoms with Crippen LogP contribution in [0.15, 0.2) is 24.5 Å². The summed E-state index contributed by atoms with van der Waals surface area (Å²) in [6.45, 7) is 0.482. The molecule has 0 fully saturated rings. The number of rotatable bonds is 1. The highest BCUT2D eigenvalue weighted by Gasteiger charge is 1.98. The predicted octanol–water partition coefficient (Wildman–Crippen LogP) is 2.59. The molecular weight excluding hydrogens is 256 g/mol. The first-order chi connectivity index (χ1) is 6.29. The van der Waals surface area contributed by atoms with Crippen LogP contribution in [0.3, 0.4) is 0 Å². The molecule has 2 aromatic heterocycles. The molecule has 0 aliphatic carbocycles. The van der Waals surface area contributed by atoms with Crippen molar-refractivity contribution in [3.63, 3.8) is 0 Å². The number of nitrogens with zero attached hydrogens (tertiary/aromatic N) is 2. The van der Waals surface area contributed by atoms with Crippen LogP contribution in [0.5, 0.6) is 0 Å². The standard InChI is InChI=1S/C9H8ClN3.2ClH/c10-8-2-7-1-6(3-11)4-12-9(7)13-5-8;;/h1-2,4-5H,3,11H2;2*1H. The fourth-order valence-electron chi connectivity index (χ4n) is 1.15. The van der Waals surface area contributed by atoms with Crippen LogP contribution >= 0.6 is 36.4 Å². The molecule has 3 nitrogen and oxygen atoms in total. The van der Waals surface area contributed by atoms with Crippen molar-refractivity contribution in [2.75, 3.05) is 0 Å². The van der Waals surface area contributed by atoms with Gasteiger partial charge in [0.2, 0.25) is 0 Å². The molecule has 6 heteroatoms. The van der Waals surface area contributed by atoms with Crippen LogP contribution in [-0.2, 0) is 6.54 Å². The van der Waals surface area contributed by atoms with Crippen molar-refractivity contribution in [2.45, 2.75) is 6.54 Å². The van der Waals surface area contributed by atoms with E-state index in [2.05, 4.69) is 9.97 Å². The summed E-state index contributed by atoms with van der Waals surface area (Å²) in [4.78, 5) is 8.22. The molecule has 0 spiro atoms. The summed E-state index contributed by atoms with van der Waals surface area (Å²) in [6, 6.07) is 3.78. The molecule has 2 rings (SSSR count). The van der Waals surface area contributed by atoms with Crippen molar-refractivity contribution in [3.05, 3.63) is 35.1 Å². The van der Waals surface area contributed by atoms with Crippen LogP contribution in [0.25, 0.3) is 11.0 Å². The van der Waals surface area contributed by atoms with Gasteiger partial charge in [-0.25, -0.2) is 9.97 Å². The van der Waals surface area contributed by atoms with E-state index in [-0.39, 0.29) is 24.8 Å². The summed E-state index contributed by atoms with van der Waals surface area (Å²) in [5.41, 5.74) is 7.16. The van der Waals surface area contributed by atoms with E-state index >= 15 is 0 Å². The SMILES string of the molecule is Cl.Cl.NCc1cnc2ncc(Cl)cc2c1. The van der Waals surface area contributed by atoms with Gasteiger partial charge in [0, 0.05) is 24.3 Å². The van der Waals surface area contributed by atoms with E-state index < -0.39 is 0 Å². The van der Waals surface area contributed by atoms with Crippen molar-refractivity contribution in [3.8, 4) is 0 Å². The van der Waals surface area contributed by atoms with Crippen LogP contribution in [-0.4, -0.2) is 9.97 Å². The molecule has 2 N–H and O–H groups in total. The second kappa shape index (κ2) is 6.08.